The summed E-state index contributed by atoms with van der Waals surface area (Å²) in [5.74, 6) is 2.73. The van der Waals surface area contributed by atoms with Gasteiger partial charge in [-0.2, -0.15) is 5.26 Å². The Morgan fingerprint density at radius 1 is 1.08 bits per heavy atom. The van der Waals surface area contributed by atoms with Gasteiger partial charge in [0.25, 0.3) is 0 Å². The Morgan fingerprint density at radius 3 is 2.74 bits per heavy atom. The molecule has 0 unspecified atom stereocenters. The van der Waals surface area contributed by atoms with Crippen molar-refractivity contribution in [1.82, 2.24) is 19.9 Å². The molecule has 0 radical (unpaired) electrons. The fourth-order valence-electron chi connectivity index (χ4n) is 5.48. The first-order chi connectivity index (χ1) is 18.7. The topological polar surface area (TPSA) is 108 Å². The average Bonchev–Trinajstić information content (AvgIpc) is 3.58. The first kappa shape index (κ1) is 23.5. The zero-order valence-corrected chi connectivity index (χ0v) is 21.7. The molecule has 10 heteroatoms. The van der Waals surface area contributed by atoms with E-state index in [1.54, 1.807) is 0 Å². The molecule has 0 atom stereocenters. The molecule has 5 heterocycles. The molecule has 192 valence electrons. The van der Waals surface area contributed by atoms with E-state index in [9.17, 15) is 9.47 Å². The van der Waals surface area contributed by atoms with Crippen molar-refractivity contribution in [3.05, 3.63) is 52.7 Å². The molecule has 2 saturated heterocycles. The van der Waals surface area contributed by atoms with Crippen LogP contribution < -0.4 is 4.90 Å². The highest BCUT2D eigenvalue weighted by molar-refractivity contribution is 7.85. The number of fused-ring (bicyclic) bond motifs is 4. The van der Waals surface area contributed by atoms with Gasteiger partial charge in [-0.05, 0) is 41.3 Å². The minimum absolute atomic E-state index is 0.528. The zero-order valence-electron chi connectivity index (χ0n) is 20.9. The molecular weight excluding hydrogens is 500 g/mol. The fraction of sp³-hybridized carbons (Fsp3) is 0.357. The molecule has 3 aromatic heterocycles. The molecule has 0 bridgehead atoms. The highest BCUT2D eigenvalue weighted by Gasteiger charge is 2.25. The maximum Gasteiger partial charge on any atom is 0.229 e. The number of rotatable bonds is 4. The number of nitrogens with zero attached hydrogens (tertiary/aromatic N) is 6. The normalized spacial score (nSPS) is 18.3. The number of ether oxygens (including phenoxy) is 1. The lowest BCUT2D eigenvalue weighted by Gasteiger charge is -2.28. The van der Waals surface area contributed by atoms with Crippen molar-refractivity contribution in [2.75, 3.05) is 55.8 Å². The van der Waals surface area contributed by atoms with Gasteiger partial charge in [-0.3, -0.25) is 9.11 Å². The van der Waals surface area contributed by atoms with E-state index in [2.05, 4.69) is 39.1 Å². The third kappa shape index (κ3) is 4.17. The van der Waals surface area contributed by atoms with Crippen LogP contribution in [0.5, 0.6) is 0 Å². The molecule has 4 aromatic rings. The number of allylic oxidation sites excluding steroid dienone is 1. The number of furan rings is 1. The van der Waals surface area contributed by atoms with Crippen LogP contribution in [-0.2, 0) is 28.5 Å². The Balaban J connectivity index is 1.39. The number of morpholine rings is 1. The molecule has 0 saturated carbocycles. The Morgan fingerprint density at radius 2 is 1.92 bits per heavy atom. The van der Waals surface area contributed by atoms with E-state index >= 15 is 0 Å². The van der Waals surface area contributed by atoms with E-state index in [0.717, 1.165) is 65.0 Å². The highest BCUT2D eigenvalue weighted by atomic mass is 32.2. The van der Waals surface area contributed by atoms with Crippen molar-refractivity contribution >= 4 is 44.9 Å². The van der Waals surface area contributed by atoms with E-state index in [0.29, 0.717) is 60.5 Å². The predicted octanol–water partition coefficient (Wildman–Crippen LogP) is 3.28. The van der Waals surface area contributed by atoms with E-state index in [1.807, 2.05) is 18.3 Å². The number of nitriles is 1. The lowest BCUT2D eigenvalue weighted by molar-refractivity contribution is 0.122. The lowest BCUT2D eigenvalue weighted by Crippen LogP contribution is -2.37. The van der Waals surface area contributed by atoms with Crippen LogP contribution in [0.4, 0.5) is 5.82 Å². The Bertz CT molecular complexity index is 1660. The molecule has 38 heavy (non-hydrogen) atoms. The van der Waals surface area contributed by atoms with Gasteiger partial charge in [-0.25, -0.2) is 15.0 Å². The molecule has 9 nitrogen and oxygen atoms in total. The molecular formula is C28H26N6O3S. The maximum atomic E-state index is 11.8. The van der Waals surface area contributed by atoms with Crippen LogP contribution in [0.25, 0.3) is 39.7 Å². The minimum atomic E-state index is -0.710. The van der Waals surface area contributed by atoms with Gasteiger partial charge in [-0.15, -0.1) is 0 Å². The van der Waals surface area contributed by atoms with Gasteiger partial charge in [-0.1, -0.05) is 12.2 Å². The van der Waals surface area contributed by atoms with Crippen molar-refractivity contribution < 1.29 is 13.4 Å². The van der Waals surface area contributed by atoms with Crippen molar-refractivity contribution in [3.63, 3.8) is 0 Å². The first-order valence-corrected chi connectivity index (χ1v) is 14.4. The van der Waals surface area contributed by atoms with E-state index in [1.165, 1.54) is 0 Å². The van der Waals surface area contributed by atoms with Gasteiger partial charge >= 0.3 is 0 Å². The Kier molecular flexibility index (Phi) is 5.92. The van der Waals surface area contributed by atoms with Crippen LogP contribution in [0.2, 0.25) is 0 Å². The molecule has 3 aliphatic rings. The second kappa shape index (κ2) is 9.58. The number of pyridine rings is 1. The standard InChI is InChI=1S/C28H26N6O3S/c29-15-18-12-20-2-1-3-21(20)22(13-18)26-31-24-23-14-19(17-33-6-10-38(35)11-7-33)16-30-28(23)37-25(24)27(32-26)34-4-8-36-9-5-34/h1,3,12-14,16H,2,4-11,17H2. The number of anilines is 1. The number of hydrogen-bond acceptors (Lipinski definition) is 9. The molecule has 2 fully saturated rings. The van der Waals surface area contributed by atoms with Gasteiger partial charge in [0, 0.05) is 66.8 Å². The summed E-state index contributed by atoms with van der Waals surface area (Å²) in [5, 5.41) is 10.5. The van der Waals surface area contributed by atoms with Crippen molar-refractivity contribution in [2.24, 2.45) is 0 Å². The molecule has 1 aliphatic carbocycles. The van der Waals surface area contributed by atoms with Crippen molar-refractivity contribution in [2.45, 2.75) is 13.0 Å². The third-order valence-corrected chi connectivity index (χ3v) is 8.73. The molecule has 7 rings (SSSR count). The smallest absolute Gasteiger partial charge is 0.229 e. The van der Waals surface area contributed by atoms with E-state index in [-0.39, 0.29) is 0 Å². The zero-order chi connectivity index (χ0) is 25.6. The molecule has 1 aromatic carbocycles. The fourth-order valence-corrected chi connectivity index (χ4v) is 6.61. The second-order valence-electron chi connectivity index (χ2n) is 9.89. The molecule has 0 N–H and O–H groups in total. The monoisotopic (exact) mass is 526 g/mol. The highest BCUT2D eigenvalue weighted by Crippen LogP contribution is 2.37. The molecule has 2 aliphatic heterocycles. The maximum absolute atomic E-state index is 11.8. The summed E-state index contributed by atoms with van der Waals surface area (Å²) >= 11 is 0. The minimum Gasteiger partial charge on any atom is -0.432 e. The summed E-state index contributed by atoms with van der Waals surface area (Å²) in [6.07, 6.45) is 6.85. The summed E-state index contributed by atoms with van der Waals surface area (Å²) in [5.41, 5.74) is 6.55. The number of aromatic nitrogens is 3. The van der Waals surface area contributed by atoms with Crippen molar-refractivity contribution in [1.29, 1.82) is 5.26 Å². The van der Waals surface area contributed by atoms with Gasteiger partial charge in [0.15, 0.2) is 17.2 Å². The Labute approximate surface area is 222 Å². The number of hydrogen-bond donors (Lipinski definition) is 0. The second-order valence-corrected chi connectivity index (χ2v) is 11.6. The van der Waals surface area contributed by atoms with E-state index < -0.39 is 10.8 Å². The summed E-state index contributed by atoms with van der Waals surface area (Å²) in [6, 6.07) is 8.22. The molecule has 0 amide bonds. The summed E-state index contributed by atoms with van der Waals surface area (Å²) < 4.78 is 23.7. The predicted molar refractivity (Wildman–Crippen MR) is 146 cm³/mol. The SMILES string of the molecule is N#Cc1cc2c(c(-c3nc(N4CCOCC4)c4oc5ncc(CN6CCS(=O)CC6)cc5c4n3)c1)C=CC2. The Hall–Kier alpha value is -3.65. The average molecular weight is 527 g/mol. The van der Waals surface area contributed by atoms with Gasteiger partial charge < -0.3 is 14.1 Å². The quantitative estimate of drug-likeness (QED) is 0.396. The molecule has 0 spiro atoms. The van der Waals surface area contributed by atoms with Crippen LogP contribution in [0, 0.1) is 11.3 Å². The van der Waals surface area contributed by atoms with Crippen LogP contribution in [-0.4, -0.2) is 75.0 Å². The van der Waals surface area contributed by atoms with E-state index in [4.69, 9.17) is 19.1 Å². The van der Waals surface area contributed by atoms with Crippen LogP contribution in [0.3, 0.4) is 0 Å². The van der Waals surface area contributed by atoms with Crippen molar-refractivity contribution in [3.8, 4) is 17.5 Å². The number of benzene rings is 1. The third-order valence-electron chi connectivity index (χ3n) is 7.45. The van der Waals surface area contributed by atoms with Crippen LogP contribution in [0.1, 0.15) is 22.3 Å². The van der Waals surface area contributed by atoms with Gasteiger partial charge in [0.2, 0.25) is 5.71 Å². The summed E-state index contributed by atoms with van der Waals surface area (Å²) in [4.78, 5) is 19.2. The largest absolute Gasteiger partial charge is 0.432 e. The van der Waals surface area contributed by atoms with Crippen LogP contribution >= 0.6 is 0 Å². The first-order valence-electron chi connectivity index (χ1n) is 12.9. The lowest BCUT2D eigenvalue weighted by atomic mass is 9.99. The van der Waals surface area contributed by atoms with Crippen LogP contribution in [0.15, 0.2) is 34.9 Å². The summed E-state index contributed by atoms with van der Waals surface area (Å²) in [6.45, 7) is 5.01. The van der Waals surface area contributed by atoms with Gasteiger partial charge in [0.1, 0.15) is 5.52 Å². The summed E-state index contributed by atoms with van der Waals surface area (Å²) in [7, 11) is -0.710. The van der Waals surface area contributed by atoms with Gasteiger partial charge in [0.05, 0.1) is 30.2 Å².